The fourth-order valence-corrected chi connectivity index (χ4v) is 5.45. The summed E-state index contributed by atoms with van der Waals surface area (Å²) in [7, 11) is 0. The molecule has 2 aromatic carbocycles. The monoisotopic (exact) mass is 562 g/mol. The molecule has 41 heavy (non-hydrogen) atoms. The second-order valence-corrected chi connectivity index (χ2v) is 16.1. The summed E-state index contributed by atoms with van der Waals surface area (Å²) in [6.45, 7) is 25.4. The second-order valence-electron chi connectivity index (χ2n) is 16.1. The number of carbonyl (C=O) groups is 1. The molecular formula is C36H54N2O3. The molecule has 0 saturated heterocycles. The van der Waals surface area contributed by atoms with Crippen molar-refractivity contribution in [3.05, 3.63) is 57.6 Å². The summed E-state index contributed by atoms with van der Waals surface area (Å²) >= 11 is 0. The Balaban J connectivity index is 1.97. The quantitative estimate of drug-likeness (QED) is 0.327. The van der Waals surface area contributed by atoms with E-state index in [0.717, 1.165) is 47.9 Å². The molecule has 0 spiro atoms. The average Bonchev–Trinajstić information content (AvgIpc) is 2.81. The smallest absolute Gasteiger partial charge is 0.255 e. The molecule has 0 unspecified atom stereocenters. The molecule has 3 rings (SSSR count). The minimum absolute atomic E-state index is 0.0532. The third-order valence-corrected chi connectivity index (χ3v) is 8.29. The first-order valence-corrected chi connectivity index (χ1v) is 15.2. The van der Waals surface area contributed by atoms with Crippen molar-refractivity contribution in [1.82, 2.24) is 5.32 Å². The van der Waals surface area contributed by atoms with Crippen LogP contribution in [-0.2, 0) is 21.7 Å². The van der Waals surface area contributed by atoms with Crippen LogP contribution in [0.2, 0.25) is 0 Å². The number of nitrogens with zero attached hydrogens (tertiary/aromatic N) is 1. The van der Waals surface area contributed by atoms with Gasteiger partial charge in [-0.15, -0.1) is 0 Å². The van der Waals surface area contributed by atoms with Crippen LogP contribution >= 0.6 is 0 Å². The molecule has 0 aromatic heterocycles. The molecule has 3 N–H and O–H groups in total. The Kier molecular flexibility index (Phi) is 9.13. The van der Waals surface area contributed by atoms with Gasteiger partial charge in [0.2, 0.25) is 0 Å². The van der Waals surface area contributed by atoms with Crippen LogP contribution in [0.4, 0.5) is 0 Å². The number of hydrogen-bond donors (Lipinski definition) is 3. The molecule has 1 aliphatic rings. The molecule has 2 atom stereocenters. The fraction of sp³-hybridized carbons (Fsp3) is 0.611. The highest BCUT2D eigenvalue weighted by molar-refractivity contribution is 5.98. The molecule has 0 heterocycles. The van der Waals surface area contributed by atoms with E-state index in [4.69, 9.17) is 4.99 Å². The number of phenolic OH excluding ortho intramolecular Hbond substituents is 2. The lowest BCUT2D eigenvalue weighted by Gasteiger charge is -2.31. The van der Waals surface area contributed by atoms with E-state index in [1.165, 1.54) is 0 Å². The zero-order chi connectivity index (χ0) is 31.1. The minimum atomic E-state index is -0.312. The Bertz CT molecular complexity index is 1290. The van der Waals surface area contributed by atoms with Crippen LogP contribution in [0.25, 0.3) is 0 Å². The summed E-state index contributed by atoms with van der Waals surface area (Å²) in [6, 6.07) is 7.75. The molecular weight excluding hydrogens is 508 g/mol. The van der Waals surface area contributed by atoms with Crippen LogP contribution in [0.5, 0.6) is 11.5 Å². The van der Waals surface area contributed by atoms with Gasteiger partial charge in [-0.25, -0.2) is 0 Å². The predicted octanol–water partition coefficient (Wildman–Crippen LogP) is 8.45. The maximum absolute atomic E-state index is 13.7. The van der Waals surface area contributed by atoms with Gasteiger partial charge in [0.15, 0.2) is 0 Å². The third-order valence-electron chi connectivity index (χ3n) is 8.29. The SMILES string of the molecule is CC(C)(C)c1cc(C=N[C@H]2CCCC[C@@H]2NC(=O)c2cc(C(C)(C)C)cc(C(C)(C)C)c2O)c(O)c(C(C)(C)C)c1. The summed E-state index contributed by atoms with van der Waals surface area (Å²) in [5.41, 5.74) is 4.11. The average molecular weight is 563 g/mol. The van der Waals surface area contributed by atoms with E-state index in [1.54, 1.807) is 6.21 Å². The predicted molar refractivity (Wildman–Crippen MR) is 172 cm³/mol. The Morgan fingerprint density at radius 2 is 1.22 bits per heavy atom. The highest BCUT2D eigenvalue weighted by atomic mass is 16.3. The fourth-order valence-electron chi connectivity index (χ4n) is 5.45. The van der Waals surface area contributed by atoms with Crippen LogP contribution in [-0.4, -0.2) is 34.4 Å². The number of carbonyl (C=O) groups excluding carboxylic acids is 1. The number of nitrogens with one attached hydrogen (secondary N) is 1. The topological polar surface area (TPSA) is 81.9 Å². The summed E-state index contributed by atoms with van der Waals surface area (Å²) in [5.74, 6) is 0.0561. The molecule has 5 nitrogen and oxygen atoms in total. The molecule has 2 aromatic rings. The van der Waals surface area contributed by atoms with Crippen LogP contribution in [0.3, 0.4) is 0 Å². The van der Waals surface area contributed by atoms with E-state index in [1.807, 2.05) is 18.2 Å². The van der Waals surface area contributed by atoms with Crippen molar-refractivity contribution in [2.75, 3.05) is 0 Å². The van der Waals surface area contributed by atoms with Crippen molar-refractivity contribution < 1.29 is 15.0 Å². The maximum Gasteiger partial charge on any atom is 0.255 e. The molecule has 1 saturated carbocycles. The molecule has 1 amide bonds. The maximum atomic E-state index is 13.7. The van der Waals surface area contributed by atoms with Crippen LogP contribution in [0, 0.1) is 0 Å². The van der Waals surface area contributed by atoms with Gasteiger partial charge in [-0.3, -0.25) is 9.79 Å². The first kappa shape index (κ1) is 32.7. The van der Waals surface area contributed by atoms with Gasteiger partial charge in [-0.2, -0.15) is 0 Å². The normalized spacial score (nSPS) is 19.0. The molecule has 5 heteroatoms. The lowest BCUT2D eigenvalue weighted by molar-refractivity contribution is 0.0918. The summed E-state index contributed by atoms with van der Waals surface area (Å²) in [4.78, 5) is 18.7. The first-order valence-electron chi connectivity index (χ1n) is 15.2. The van der Waals surface area contributed by atoms with Gasteiger partial charge in [-0.1, -0.05) is 108 Å². The van der Waals surface area contributed by atoms with Crippen molar-refractivity contribution in [2.24, 2.45) is 4.99 Å². The van der Waals surface area contributed by atoms with Gasteiger partial charge in [0.25, 0.3) is 5.91 Å². The van der Waals surface area contributed by atoms with Crippen LogP contribution in [0.15, 0.2) is 29.3 Å². The van der Waals surface area contributed by atoms with Gasteiger partial charge in [0.1, 0.15) is 11.5 Å². The summed E-state index contributed by atoms with van der Waals surface area (Å²) < 4.78 is 0. The Labute approximate surface area is 248 Å². The Morgan fingerprint density at radius 1 is 0.732 bits per heavy atom. The molecule has 226 valence electrons. The minimum Gasteiger partial charge on any atom is -0.507 e. The lowest BCUT2D eigenvalue weighted by atomic mass is 9.78. The Morgan fingerprint density at radius 3 is 1.73 bits per heavy atom. The molecule has 1 fully saturated rings. The number of rotatable bonds is 4. The molecule has 0 radical (unpaired) electrons. The number of phenols is 2. The van der Waals surface area contributed by atoms with E-state index in [9.17, 15) is 15.0 Å². The molecule has 0 aliphatic heterocycles. The standard InChI is InChI=1S/C36H54N2O3/c1-33(2,3)23-17-22(30(39)26(19-23)35(7,8)9)21-37-28-15-13-14-16-29(28)38-32(41)25-18-24(34(4,5)6)20-27(31(25)40)36(10,11)12/h17-21,28-29,39-40H,13-16H2,1-12H3,(H,38,41)/t28-,29-/m0/s1. The number of aromatic hydroxyl groups is 2. The van der Waals surface area contributed by atoms with E-state index < -0.39 is 0 Å². The van der Waals surface area contributed by atoms with E-state index in [2.05, 4.69) is 94.5 Å². The van der Waals surface area contributed by atoms with E-state index in [0.29, 0.717) is 11.1 Å². The Hall–Kier alpha value is -2.82. The number of benzene rings is 2. The van der Waals surface area contributed by atoms with Gasteiger partial charge in [0, 0.05) is 22.9 Å². The summed E-state index contributed by atoms with van der Waals surface area (Å²) in [6.07, 6.45) is 5.52. The zero-order valence-corrected chi connectivity index (χ0v) is 27.6. The van der Waals surface area contributed by atoms with Gasteiger partial charge < -0.3 is 15.5 Å². The van der Waals surface area contributed by atoms with Crippen molar-refractivity contribution in [3.63, 3.8) is 0 Å². The van der Waals surface area contributed by atoms with Crippen LogP contribution < -0.4 is 5.32 Å². The van der Waals surface area contributed by atoms with Crippen molar-refractivity contribution in [3.8, 4) is 11.5 Å². The van der Waals surface area contributed by atoms with Crippen molar-refractivity contribution in [1.29, 1.82) is 0 Å². The number of amides is 1. The summed E-state index contributed by atoms with van der Waals surface area (Å²) in [5, 5.41) is 25.7. The van der Waals surface area contributed by atoms with Crippen molar-refractivity contribution in [2.45, 2.75) is 143 Å². The number of aliphatic imine (C=N–C) groups is 1. The second kappa shape index (κ2) is 11.5. The first-order chi connectivity index (χ1) is 18.6. The van der Waals surface area contributed by atoms with E-state index >= 15 is 0 Å². The van der Waals surface area contributed by atoms with E-state index in [-0.39, 0.29) is 51.1 Å². The van der Waals surface area contributed by atoms with Crippen LogP contribution in [0.1, 0.15) is 147 Å². The number of hydrogen-bond acceptors (Lipinski definition) is 4. The van der Waals surface area contributed by atoms with Gasteiger partial charge >= 0.3 is 0 Å². The molecule has 1 aliphatic carbocycles. The largest absolute Gasteiger partial charge is 0.507 e. The zero-order valence-electron chi connectivity index (χ0n) is 27.6. The van der Waals surface area contributed by atoms with Gasteiger partial charge in [-0.05, 0) is 57.8 Å². The third kappa shape index (κ3) is 7.72. The van der Waals surface area contributed by atoms with Gasteiger partial charge in [0.05, 0.1) is 17.6 Å². The highest BCUT2D eigenvalue weighted by Crippen LogP contribution is 2.39. The highest BCUT2D eigenvalue weighted by Gasteiger charge is 2.31. The van der Waals surface area contributed by atoms with Crippen molar-refractivity contribution >= 4 is 12.1 Å². The lowest BCUT2D eigenvalue weighted by Crippen LogP contribution is -2.44. The molecule has 0 bridgehead atoms.